The number of fused-ring (bicyclic) bond motifs is 1. The summed E-state index contributed by atoms with van der Waals surface area (Å²) in [7, 11) is 0. The number of ether oxygens (including phenoxy) is 1. The lowest BCUT2D eigenvalue weighted by atomic mass is 9.93. The number of benzene rings is 1. The number of aromatic hydroxyl groups is 1. The second-order valence-electron chi connectivity index (χ2n) is 3.93. The zero-order valence-corrected chi connectivity index (χ0v) is 8.36. The van der Waals surface area contributed by atoms with Gasteiger partial charge in [-0.15, -0.1) is 0 Å². The van der Waals surface area contributed by atoms with Crippen molar-refractivity contribution >= 4 is 5.97 Å². The second-order valence-corrected chi connectivity index (χ2v) is 3.93. The topological polar surface area (TPSA) is 66.8 Å². The van der Waals surface area contributed by atoms with Gasteiger partial charge in [0, 0.05) is 12.5 Å². The quantitative estimate of drug-likeness (QED) is 0.735. The van der Waals surface area contributed by atoms with Crippen molar-refractivity contribution < 1.29 is 19.7 Å². The maximum Gasteiger partial charge on any atom is 0.347 e. The van der Waals surface area contributed by atoms with Gasteiger partial charge in [0.2, 0.25) is 5.60 Å². The van der Waals surface area contributed by atoms with E-state index >= 15 is 0 Å². The van der Waals surface area contributed by atoms with Crippen LogP contribution >= 0.6 is 0 Å². The third kappa shape index (κ3) is 1.63. The van der Waals surface area contributed by atoms with E-state index in [1.54, 1.807) is 19.1 Å². The number of aryl methyl sites for hydroxylation is 1. The van der Waals surface area contributed by atoms with E-state index in [1.807, 2.05) is 0 Å². The SMILES string of the molecule is CC1(C(=O)O)CCc2ccc(O)cc2O1. The third-order valence-corrected chi connectivity index (χ3v) is 2.71. The Bertz CT molecular complexity index is 413. The van der Waals surface area contributed by atoms with E-state index < -0.39 is 11.6 Å². The van der Waals surface area contributed by atoms with E-state index in [0.29, 0.717) is 18.6 Å². The molecule has 0 spiro atoms. The summed E-state index contributed by atoms with van der Waals surface area (Å²) in [5, 5.41) is 18.3. The highest BCUT2D eigenvalue weighted by molar-refractivity contribution is 5.78. The van der Waals surface area contributed by atoms with Crippen molar-refractivity contribution in [2.75, 3.05) is 0 Å². The summed E-state index contributed by atoms with van der Waals surface area (Å²) in [5.74, 6) is -0.425. The summed E-state index contributed by atoms with van der Waals surface area (Å²) >= 11 is 0. The molecule has 1 aliphatic heterocycles. The molecule has 1 aromatic rings. The molecule has 4 heteroatoms. The van der Waals surface area contributed by atoms with E-state index in [-0.39, 0.29) is 5.75 Å². The molecule has 2 rings (SSSR count). The number of carbonyl (C=O) groups is 1. The number of hydrogen-bond acceptors (Lipinski definition) is 3. The molecule has 1 aromatic carbocycles. The predicted molar refractivity (Wildman–Crippen MR) is 53.1 cm³/mol. The minimum atomic E-state index is -1.18. The molecule has 15 heavy (non-hydrogen) atoms. The number of phenolic OH excluding ortho intramolecular Hbond substituents is 1. The molecule has 0 bridgehead atoms. The second kappa shape index (κ2) is 3.15. The van der Waals surface area contributed by atoms with Crippen molar-refractivity contribution in [3.8, 4) is 11.5 Å². The van der Waals surface area contributed by atoms with Gasteiger partial charge in [-0.2, -0.15) is 0 Å². The number of aliphatic carboxylic acids is 1. The molecule has 1 unspecified atom stereocenters. The molecule has 2 N–H and O–H groups in total. The van der Waals surface area contributed by atoms with E-state index in [2.05, 4.69) is 0 Å². The van der Waals surface area contributed by atoms with Gasteiger partial charge < -0.3 is 14.9 Å². The Labute approximate surface area is 87.1 Å². The smallest absolute Gasteiger partial charge is 0.347 e. The molecule has 0 saturated carbocycles. The van der Waals surface area contributed by atoms with Gasteiger partial charge in [-0.1, -0.05) is 6.07 Å². The van der Waals surface area contributed by atoms with E-state index in [1.165, 1.54) is 6.07 Å². The van der Waals surface area contributed by atoms with Gasteiger partial charge in [-0.3, -0.25) is 0 Å². The van der Waals surface area contributed by atoms with Gasteiger partial charge >= 0.3 is 5.97 Å². The fourth-order valence-corrected chi connectivity index (χ4v) is 1.66. The Kier molecular flexibility index (Phi) is 2.07. The highest BCUT2D eigenvalue weighted by Gasteiger charge is 2.38. The summed E-state index contributed by atoms with van der Waals surface area (Å²) in [5.41, 5.74) is -0.243. The lowest BCUT2D eigenvalue weighted by Gasteiger charge is -2.31. The van der Waals surface area contributed by atoms with Crippen molar-refractivity contribution in [1.82, 2.24) is 0 Å². The van der Waals surface area contributed by atoms with Gasteiger partial charge in [-0.05, 0) is 25.0 Å². The first-order valence-electron chi connectivity index (χ1n) is 4.75. The highest BCUT2D eigenvalue weighted by Crippen LogP contribution is 2.35. The summed E-state index contributed by atoms with van der Waals surface area (Å²) < 4.78 is 5.40. The van der Waals surface area contributed by atoms with Crippen molar-refractivity contribution in [2.45, 2.75) is 25.4 Å². The lowest BCUT2D eigenvalue weighted by molar-refractivity contribution is -0.155. The first kappa shape index (κ1) is 9.83. The minimum absolute atomic E-state index is 0.0865. The van der Waals surface area contributed by atoms with Crippen LogP contribution in [0, 0.1) is 0 Å². The van der Waals surface area contributed by atoms with Gasteiger partial charge in [0.1, 0.15) is 11.5 Å². The Hall–Kier alpha value is -1.71. The zero-order valence-electron chi connectivity index (χ0n) is 8.36. The molecule has 0 radical (unpaired) electrons. The van der Waals surface area contributed by atoms with Crippen LogP contribution in [0.2, 0.25) is 0 Å². The first-order chi connectivity index (χ1) is 7.01. The van der Waals surface area contributed by atoms with Crippen molar-refractivity contribution in [3.63, 3.8) is 0 Å². The molecular formula is C11H12O4. The molecule has 4 nitrogen and oxygen atoms in total. The van der Waals surface area contributed by atoms with E-state index in [4.69, 9.17) is 9.84 Å². The van der Waals surface area contributed by atoms with Crippen LogP contribution in [0.3, 0.4) is 0 Å². The summed E-state index contributed by atoms with van der Waals surface area (Å²) in [6, 6.07) is 4.79. The first-order valence-corrected chi connectivity index (χ1v) is 4.75. The van der Waals surface area contributed by atoms with Crippen molar-refractivity contribution in [2.24, 2.45) is 0 Å². The summed E-state index contributed by atoms with van der Waals surface area (Å²) in [6.07, 6.45) is 1.10. The Morgan fingerprint density at radius 2 is 2.27 bits per heavy atom. The monoisotopic (exact) mass is 208 g/mol. The van der Waals surface area contributed by atoms with Crippen LogP contribution in [0.5, 0.6) is 11.5 Å². The maximum atomic E-state index is 11.0. The van der Waals surface area contributed by atoms with Gasteiger partial charge in [0.15, 0.2) is 0 Å². The third-order valence-electron chi connectivity index (χ3n) is 2.71. The van der Waals surface area contributed by atoms with Crippen LogP contribution < -0.4 is 4.74 Å². The van der Waals surface area contributed by atoms with Crippen molar-refractivity contribution in [3.05, 3.63) is 23.8 Å². The molecule has 0 aromatic heterocycles. The summed E-state index contributed by atoms with van der Waals surface area (Å²) in [4.78, 5) is 11.0. The molecule has 1 aliphatic rings. The minimum Gasteiger partial charge on any atom is -0.508 e. The molecular weight excluding hydrogens is 196 g/mol. The molecule has 0 fully saturated rings. The Balaban J connectivity index is 2.37. The van der Waals surface area contributed by atoms with Gasteiger partial charge in [-0.25, -0.2) is 4.79 Å². The largest absolute Gasteiger partial charge is 0.508 e. The van der Waals surface area contributed by atoms with Crippen LogP contribution in [-0.2, 0) is 11.2 Å². The average molecular weight is 208 g/mol. The van der Waals surface area contributed by atoms with Crippen LogP contribution in [0.1, 0.15) is 18.9 Å². The normalized spacial score (nSPS) is 24.1. The van der Waals surface area contributed by atoms with Gasteiger partial charge in [0.25, 0.3) is 0 Å². The number of hydrogen-bond donors (Lipinski definition) is 2. The van der Waals surface area contributed by atoms with Crippen LogP contribution in [0.25, 0.3) is 0 Å². The molecule has 0 aliphatic carbocycles. The average Bonchev–Trinajstić information content (AvgIpc) is 2.16. The summed E-state index contributed by atoms with van der Waals surface area (Å²) in [6.45, 7) is 1.54. The number of carboxylic acid groups (broad SMARTS) is 1. The van der Waals surface area contributed by atoms with Gasteiger partial charge in [0.05, 0.1) is 0 Å². The highest BCUT2D eigenvalue weighted by atomic mass is 16.5. The number of rotatable bonds is 1. The fourth-order valence-electron chi connectivity index (χ4n) is 1.66. The van der Waals surface area contributed by atoms with Crippen LogP contribution in [0.4, 0.5) is 0 Å². The number of phenols is 1. The standard InChI is InChI=1S/C11H12O4/c1-11(10(13)14)5-4-7-2-3-8(12)6-9(7)15-11/h2-3,6,12H,4-5H2,1H3,(H,13,14). The predicted octanol–water partition coefficient (Wildman–Crippen LogP) is 1.56. The molecule has 0 amide bonds. The lowest BCUT2D eigenvalue weighted by Crippen LogP contribution is -2.44. The van der Waals surface area contributed by atoms with Crippen LogP contribution in [-0.4, -0.2) is 21.8 Å². The maximum absolute atomic E-state index is 11.0. The fraction of sp³-hybridized carbons (Fsp3) is 0.364. The molecule has 80 valence electrons. The molecule has 1 atom stereocenters. The molecule has 0 saturated heterocycles. The zero-order chi connectivity index (χ0) is 11.1. The Morgan fingerprint density at radius 1 is 1.53 bits per heavy atom. The van der Waals surface area contributed by atoms with E-state index in [9.17, 15) is 9.90 Å². The Morgan fingerprint density at radius 3 is 2.93 bits per heavy atom. The molecule has 1 heterocycles. The van der Waals surface area contributed by atoms with E-state index in [0.717, 1.165) is 5.56 Å². The van der Waals surface area contributed by atoms with Crippen molar-refractivity contribution in [1.29, 1.82) is 0 Å². The number of carboxylic acids is 1. The van der Waals surface area contributed by atoms with Crippen LogP contribution in [0.15, 0.2) is 18.2 Å².